The first-order valence-electron chi connectivity index (χ1n) is 17.1. The van der Waals surface area contributed by atoms with Crippen LogP contribution in [0.2, 0.25) is 0 Å². The zero-order chi connectivity index (χ0) is 32.5. The first-order valence-corrected chi connectivity index (χ1v) is 17.1. The topological polar surface area (TPSA) is 35.1 Å². The maximum Gasteiger partial charge on any atom is 0.235 e. The van der Waals surface area contributed by atoms with Gasteiger partial charge in [-0.2, -0.15) is 0 Å². The predicted molar refractivity (Wildman–Crippen MR) is 209 cm³/mol. The average molecular weight is 635 g/mol. The van der Waals surface area contributed by atoms with Gasteiger partial charge in [-0.25, -0.2) is 9.97 Å². The maximum absolute atomic E-state index is 5.47. The van der Waals surface area contributed by atoms with Crippen LogP contribution in [0, 0.1) is 0 Å². The number of rotatable bonds is 2. The second-order valence-electron chi connectivity index (χ2n) is 13.3. The normalized spacial score (nSPS) is 12.4. The Morgan fingerprint density at radius 1 is 0.380 bits per heavy atom. The molecular formula is C46H26N4. The molecule has 0 amide bonds. The van der Waals surface area contributed by atoms with Crippen molar-refractivity contribution in [2.75, 3.05) is 0 Å². The molecule has 0 bridgehead atoms. The first kappa shape index (κ1) is 26.2. The van der Waals surface area contributed by atoms with Gasteiger partial charge in [-0.3, -0.25) is 4.57 Å². The van der Waals surface area contributed by atoms with E-state index >= 15 is 0 Å². The molecule has 4 heteroatoms. The fourth-order valence-corrected chi connectivity index (χ4v) is 8.77. The van der Waals surface area contributed by atoms with Gasteiger partial charge in [-0.15, -0.1) is 0 Å². The minimum Gasteiger partial charge on any atom is -0.308 e. The lowest BCUT2D eigenvalue weighted by Gasteiger charge is -2.13. The summed E-state index contributed by atoms with van der Waals surface area (Å²) in [6.07, 6.45) is 0. The Bertz CT molecular complexity index is 3370. The highest BCUT2D eigenvalue weighted by Gasteiger charge is 2.26. The van der Waals surface area contributed by atoms with Gasteiger partial charge in [0.1, 0.15) is 0 Å². The van der Waals surface area contributed by atoms with Crippen molar-refractivity contribution in [2.45, 2.75) is 0 Å². The van der Waals surface area contributed by atoms with Gasteiger partial charge >= 0.3 is 0 Å². The highest BCUT2D eigenvalue weighted by atomic mass is 15.2. The molecular weight excluding hydrogens is 609 g/mol. The second kappa shape index (κ2) is 9.43. The van der Waals surface area contributed by atoms with Crippen molar-refractivity contribution in [3.63, 3.8) is 0 Å². The Hall–Kier alpha value is -6.78. The second-order valence-corrected chi connectivity index (χ2v) is 13.3. The third kappa shape index (κ3) is 3.25. The lowest BCUT2D eigenvalue weighted by molar-refractivity contribution is 1.02. The molecule has 0 spiro atoms. The molecule has 0 radical (unpaired) electrons. The molecule has 0 unspecified atom stereocenters. The van der Waals surface area contributed by atoms with Gasteiger partial charge in [-0.05, 0) is 46.5 Å². The number of aromatic nitrogens is 4. The Kier molecular flexibility index (Phi) is 4.94. The molecule has 0 aliphatic carbocycles. The van der Waals surface area contributed by atoms with Gasteiger partial charge in [0.15, 0.2) is 0 Å². The molecule has 0 saturated carbocycles. The standard InChI is InChI=1S/C46H26N4/c1-2-14-29(15-3-1)43-34-24-22-28-13-5-7-17-31(28)44(34)48-46(47-43)50-37-21-11-8-18-32(37)41-39(50)26-35-40-30-16-6-4-12-27(30)23-25-38(40)49-36-20-10-9-19-33(36)42(41)45(35)49/h1-26H. The van der Waals surface area contributed by atoms with Crippen LogP contribution in [-0.4, -0.2) is 18.9 Å². The average Bonchev–Trinajstić information content (AvgIpc) is 3.82. The summed E-state index contributed by atoms with van der Waals surface area (Å²) in [5.74, 6) is 0.672. The zero-order valence-corrected chi connectivity index (χ0v) is 26.8. The number of hydrogen-bond donors (Lipinski definition) is 0. The van der Waals surface area contributed by atoms with Gasteiger partial charge in [0.2, 0.25) is 5.95 Å². The summed E-state index contributed by atoms with van der Waals surface area (Å²) < 4.78 is 4.79. The SMILES string of the molecule is c1ccc(-c2nc(-n3c4ccccc4c4c5c6ccccc6n6c7ccc8ccccc8c7c(cc43)c56)nc3c2ccc2ccccc23)cc1. The number of nitrogens with zero attached hydrogens (tertiary/aromatic N) is 4. The summed E-state index contributed by atoms with van der Waals surface area (Å²) in [6.45, 7) is 0. The zero-order valence-electron chi connectivity index (χ0n) is 26.8. The van der Waals surface area contributed by atoms with Crippen LogP contribution < -0.4 is 0 Å². The molecule has 0 N–H and O–H groups in total. The van der Waals surface area contributed by atoms with Crippen LogP contribution in [0.25, 0.3) is 110 Å². The van der Waals surface area contributed by atoms with Crippen molar-refractivity contribution in [1.29, 1.82) is 0 Å². The molecule has 230 valence electrons. The Morgan fingerprint density at radius 3 is 1.84 bits per heavy atom. The van der Waals surface area contributed by atoms with E-state index in [0.717, 1.165) is 44.0 Å². The fraction of sp³-hybridized carbons (Fsp3) is 0. The molecule has 0 fully saturated rings. The van der Waals surface area contributed by atoms with Crippen molar-refractivity contribution in [1.82, 2.24) is 18.9 Å². The van der Waals surface area contributed by atoms with Gasteiger partial charge in [-0.1, -0.05) is 127 Å². The van der Waals surface area contributed by atoms with Crippen molar-refractivity contribution < 1.29 is 0 Å². The Balaban J connectivity index is 1.33. The summed E-state index contributed by atoms with van der Waals surface area (Å²) >= 11 is 0. The Labute approximate surface area is 285 Å². The largest absolute Gasteiger partial charge is 0.308 e. The molecule has 12 aromatic rings. The van der Waals surface area contributed by atoms with E-state index in [9.17, 15) is 0 Å². The summed E-state index contributed by atoms with van der Waals surface area (Å²) in [5, 5.41) is 13.3. The summed E-state index contributed by atoms with van der Waals surface area (Å²) in [7, 11) is 0. The van der Waals surface area contributed by atoms with E-state index in [1.807, 2.05) is 0 Å². The molecule has 12 rings (SSSR count). The molecule has 0 aliphatic heterocycles. The van der Waals surface area contributed by atoms with E-state index in [1.54, 1.807) is 0 Å². The lowest BCUT2D eigenvalue weighted by atomic mass is 9.99. The minimum atomic E-state index is 0.672. The molecule has 50 heavy (non-hydrogen) atoms. The third-order valence-corrected chi connectivity index (χ3v) is 10.8. The van der Waals surface area contributed by atoms with Gasteiger partial charge in [0.05, 0.1) is 38.8 Å². The highest BCUT2D eigenvalue weighted by molar-refractivity contribution is 6.37. The van der Waals surface area contributed by atoms with E-state index in [1.165, 1.54) is 59.6 Å². The van der Waals surface area contributed by atoms with E-state index in [4.69, 9.17) is 9.97 Å². The summed E-state index contributed by atoms with van der Waals surface area (Å²) in [4.78, 5) is 10.9. The lowest BCUT2D eigenvalue weighted by Crippen LogP contribution is -2.03. The summed E-state index contributed by atoms with van der Waals surface area (Å²) in [5.41, 5.74) is 8.88. The molecule has 0 saturated heterocycles. The van der Waals surface area contributed by atoms with E-state index in [0.29, 0.717) is 5.95 Å². The smallest absolute Gasteiger partial charge is 0.235 e. The van der Waals surface area contributed by atoms with Crippen LogP contribution in [-0.2, 0) is 0 Å². The number of hydrogen-bond acceptors (Lipinski definition) is 2. The van der Waals surface area contributed by atoms with Crippen LogP contribution in [0.1, 0.15) is 0 Å². The van der Waals surface area contributed by atoms with Gasteiger partial charge in [0, 0.05) is 48.7 Å². The van der Waals surface area contributed by atoms with Crippen molar-refractivity contribution in [2.24, 2.45) is 0 Å². The van der Waals surface area contributed by atoms with Gasteiger partial charge < -0.3 is 4.40 Å². The van der Waals surface area contributed by atoms with Gasteiger partial charge in [0.25, 0.3) is 0 Å². The van der Waals surface area contributed by atoms with Crippen LogP contribution in [0.4, 0.5) is 0 Å². The first-order chi connectivity index (χ1) is 24.8. The number of fused-ring (bicyclic) bond motifs is 15. The molecule has 0 atom stereocenters. The molecule has 4 nitrogen and oxygen atoms in total. The molecule has 4 heterocycles. The van der Waals surface area contributed by atoms with Crippen LogP contribution in [0.5, 0.6) is 0 Å². The van der Waals surface area contributed by atoms with Crippen molar-refractivity contribution >= 4 is 92.3 Å². The van der Waals surface area contributed by atoms with Crippen molar-refractivity contribution in [3.8, 4) is 17.2 Å². The van der Waals surface area contributed by atoms with Crippen LogP contribution in [0.15, 0.2) is 158 Å². The van der Waals surface area contributed by atoms with Crippen molar-refractivity contribution in [3.05, 3.63) is 158 Å². The highest BCUT2D eigenvalue weighted by Crippen LogP contribution is 2.48. The molecule has 0 aliphatic rings. The monoisotopic (exact) mass is 634 g/mol. The third-order valence-electron chi connectivity index (χ3n) is 10.8. The maximum atomic E-state index is 5.47. The summed E-state index contributed by atoms with van der Waals surface area (Å²) in [6, 6.07) is 56.7. The number of benzene rings is 8. The van der Waals surface area contributed by atoms with Crippen LogP contribution in [0.3, 0.4) is 0 Å². The van der Waals surface area contributed by atoms with E-state index in [2.05, 4.69) is 167 Å². The predicted octanol–water partition coefficient (Wildman–Crippen LogP) is 11.9. The molecule has 4 aromatic heterocycles. The number of para-hydroxylation sites is 2. The van der Waals surface area contributed by atoms with E-state index in [-0.39, 0.29) is 0 Å². The van der Waals surface area contributed by atoms with E-state index < -0.39 is 0 Å². The molecule has 8 aromatic carbocycles. The minimum absolute atomic E-state index is 0.672. The quantitative estimate of drug-likeness (QED) is 0.177. The Morgan fingerprint density at radius 2 is 1.02 bits per heavy atom. The van der Waals surface area contributed by atoms with Crippen LogP contribution >= 0.6 is 0 Å². The fourth-order valence-electron chi connectivity index (χ4n) is 8.77.